The molecule has 0 heterocycles. The Morgan fingerprint density at radius 3 is 2.18 bits per heavy atom. The van der Waals surface area contributed by atoms with Crippen molar-refractivity contribution in [2.24, 2.45) is 0 Å². The van der Waals surface area contributed by atoms with Gasteiger partial charge in [0.05, 0.1) is 6.61 Å². The standard InChI is InChI=1S/C8H17O2S/c1-2-4-9-5-3-6-10-7-8-11/h2-8H2,1H3. The minimum atomic E-state index is 0.690. The van der Waals surface area contributed by atoms with Crippen LogP contribution in [0.3, 0.4) is 0 Å². The van der Waals surface area contributed by atoms with Crippen molar-refractivity contribution in [3.8, 4) is 0 Å². The SMILES string of the molecule is CCCOCCCOCC[S]. The molecular weight excluding hydrogens is 160 g/mol. The summed E-state index contributed by atoms with van der Waals surface area (Å²) in [5, 5.41) is 0. The maximum absolute atomic E-state index is 5.26. The number of rotatable bonds is 8. The zero-order chi connectivity index (χ0) is 8.36. The van der Waals surface area contributed by atoms with Crippen molar-refractivity contribution in [1.29, 1.82) is 0 Å². The minimum Gasteiger partial charge on any atom is -0.381 e. The molecule has 0 spiro atoms. The average Bonchev–Trinajstić information content (AvgIpc) is 2.03. The van der Waals surface area contributed by atoms with E-state index in [2.05, 4.69) is 6.92 Å². The van der Waals surface area contributed by atoms with Gasteiger partial charge in [-0.1, -0.05) is 19.6 Å². The Bertz CT molecular complexity index is 61.1. The van der Waals surface area contributed by atoms with Gasteiger partial charge >= 0.3 is 0 Å². The second-order valence-corrected chi connectivity index (χ2v) is 2.69. The fraction of sp³-hybridized carbons (Fsp3) is 1.00. The molecule has 0 rings (SSSR count). The maximum atomic E-state index is 5.26. The Kier molecular flexibility index (Phi) is 10.5. The Hall–Kier alpha value is 0.270. The highest BCUT2D eigenvalue weighted by Gasteiger charge is 1.88. The molecule has 0 aliphatic rings. The van der Waals surface area contributed by atoms with E-state index >= 15 is 0 Å². The molecule has 11 heavy (non-hydrogen) atoms. The van der Waals surface area contributed by atoms with Crippen LogP contribution >= 0.6 is 12.6 Å². The average molecular weight is 177 g/mol. The second kappa shape index (κ2) is 10.3. The molecule has 0 saturated carbocycles. The first-order valence-electron chi connectivity index (χ1n) is 4.15. The lowest BCUT2D eigenvalue weighted by Gasteiger charge is -2.02. The number of hydrogen-bond donors (Lipinski definition) is 0. The van der Waals surface area contributed by atoms with Crippen molar-refractivity contribution in [3.63, 3.8) is 0 Å². The van der Waals surface area contributed by atoms with E-state index < -0.39 is 0 Å². The summed E-state index contributed by atoms with van der Waals surface area (Å²) in [4.78, 5) is 0. The molecule has 0 atom stereocenters. The predicted molar refractivity (Wildman–Crippen MR) is 49.0 cm³/mol. The van der Waals surface area contributed by atoms with Crippen LogP contribution in [0.1, 0.15) is 19.8 Å². The van der Waals surface area contributed by atoms with Crippen LogP contribution in [0.25, 0.3) is 0 Å². The summed E-state index contributed by atoms with van der Waals surface area (Å²) in [5.74, 6) is 0.690. The van der Waals surface area contributed by atoms with Crippen LogP contribution in [0.4, 0.5) is 0 Å². The molecule has 3 heteroatoms. The fourth-order valence-corrected chi connectivity index (χ4v) is 0.788. The maximum Gasteiger partial charge on any atom is 0.0565 e. The molecule has 0 aromatic heterocycles. The molecule has 0 aliphatic heterocycles. The van der Waals surface area contributed by atoms with Gasteiger partial charge in [-0.3, -0.25) is 0 Å². The zero-order valence-electron chi connectivity index (χ0n) is 7.17. The van der Waals surface area contributed by atoms with E-state index in [9.17, 15) is 0 Å². The number of hydrogen-bond acceptors (Lipinski definition) is 2. The summed E-state index contributed by atoms with van der Waals surface area (Å²) in [6.45, 7) is 5.25. The van der Waals surface area contributed by atoms with Gasteiger partial charge in [-0.2, -0.15) is 0 Å². The topological polar surface area (TPSA) is 18.5 Å². The second-order valence-electron chi connectivity index (χ2n) is 2.28. The third-order valence-electron chi connectivity index (χ3n) is 1.15. The van der Waals surface area contributed by atoms with Crippen molar-refractivity contribution in [2.45, 2.75) is 19.8 Å². The van der Waals surface area contributed by atoms with Gasteiger partial charge < -0.3 is 9.47 Å². The monoisotopic (exact) mass is 177 g/mol. The Morgan fingerprint density at radius 2 is 1.64 bits per heavy atom. The summed E-state index contributed by atoms with van der Waals surface area (Å²) < 4.78 is 10.4. The lowest BCUT2D eigenvalue weighted by atomic mass is 10.5. The first-order valence-corrected chi connectivity index (χ1v) is 4.73. The molecule has 2 nitrogen and oxygen atoms in total. The van der Waals surface area contributed by atoms with E-state index in [4.69, 9.17) is 22.1 Å². The Morgan fingerprint density at radius 1 is 1.00 bits per heavy atom. The van der Waals surface area contributed by atoms with Gasteiger partial charge in [0.1, 0.15) is 0 Å². The summed E-state index contributed by atoms with van der Waals surface area (Å²) in [6.07, 6.45) is 2.07. The molecule has 0 unspecified atom stereocenters. The quantitative estimate of drug-likeness (QED) is 0.528. The van der Waals surface area contributed by atoms with E-state index in [-0.39, 0.29) is 0 Å². The van der Waals surface area contributed by atoms with Gasteiger partial charge in [-0.25, -0.2) is 0 Å². The smallest absolute Gasteiger partial charge is 0.0565 e. The summed E-state index contributed by atoms with van der Waals surface area (Å²) in [6, 6.07) is 0. The lowest BCUT2D eigenvalue weighted by molar-refractivity contribution is 0.0892. The van der Waals surface area contributed by atoms with Crippen molar-refractivity contribution in [3.05, 3.63) is 0 Å². The molecule has 0 saturated heterocycles. The lowest BCUT2D eigenvalue weighted by Crippen LogP contribution is -2.03. The van der Waals surface area contributed by atoms with Crippen molar-refractivity contribution >= 4 is 12.6 Å². The normalized spacial score (nSPS) is 10.4. The van der Waals surface area contributed by atoms with Crippen LogP contribution in [-0.2, 0) is 9.47 Å². The Balaban J connectivity index is 2.69. The molecule has 0 fully saturated rings. The highest BCUT2D eigenvalue weighted by Crippen LogP contribution is 1.87. The molecule has 0 N–H and O–H groups in total. The van der Waals surface area contributed by atoms with Gasteiger partial charge in [0, 0.05) is 25.6 Å². The van der Waals surface area contributed by atoms with E-state index in [0.717, 1.165) is 32.7 Å². The van der Waals surface area contributed by atoms with Crippen LogP contribution in [-0.4, -0.2) is 32.2 Å². The summed E-state index contributed by atoms with van der Waals surface area (Å²) >= 11 is 4.72. The number of ether oxygens (including phenoxy) is 2. The van der Waals surface area contributed by atoms with E-state index in [1.54, 1.807) is 0 Å². The third kappa shape index (κ3) is 10.3. The van der Waals surface area contributed by atoms with Crippen molar-refractivity contribution < 1.29 is 9.47 Å². The molecule has 67 valence electrons. The summed E-state index contributed by atoms with van der Waals surface area (Å²) in [5.41, 5.74) is 0. The van der Waals surface area contributed by atoms with Gasteiger partial charge in [0.15, 0.2) is 0 Å². The van der Waals surface area contributed by atoms with E-state index in [1.165, 1.54) is 0 Å². The Labute approximate surface area is 74.7 Å². The van der Waals surface area contributed by atoms with Crippen LogP contribution in [0, 0.1) is 0 Å². The van der Waals surface area contributed by atoms with Gasteiger partial charge in [0.25, 0.3) is 0 Å². The molecular formula is C8H17O2S. The predicted octanol–water partition coefficient (Wildman–Crippen LogP) is 2.02. The van der Waals surface area contributed by atoms with Gasteiger partial charge in [0.2, 0.25) is 0 Å². The van der Waals surface area contributed by atoms with Crippen LogP contribution < -0.4 is 0 Å². The zero-order valence-corrected chi connectivity index (χ0v) is 7.99. The third-order valence-corrected chi connectivity index (χ3v) is 1.32. The van der Waals surface area contributed by atoms with Crippen LogP contribution in [0.5, 0.6) is 0 Å². The molecule has 0 aromatic rings. The van der Waals surface area contributed by atoms with Crippen molar-refractivity contribution in [1.82, 2.24) is 0 Å². The molecule has 0 bridgehead atoms. The van der Waals surface area contributed by atoms with Crippen molar-refractivity contribution in [2.75, 3.05) is 32.2 Å². The first kappa shape index (κ1) is 11.3. The fourth-order valence-electron chi connectivity index (χ4n) is 0.670. The molecule has 1 radical (unpaired) electrons. The van der Waals surface area contributed by atoms with Crippen LogP contribution in [0.15, 0.2) is 0 Å². The first-order chi connectivity index (χ1) is 5.41. The van der Waals surface area contributed by atoms with E-state index in [0.29, 0.717) is 12.4 Å². The molecule has 0 aliphatic carbocycles. The molecule has 0 amide bonds. The van der Waals surface area contributed by atoms with Gasteiger partial charge in [-0.05, 0) is 12.8 Å². The largest absolute Gasteiger partial charge is 0.381 e. The minimum absolute atomic E-state index is 0.690. The van der Waals surface area contributed by atoms with Crippen LogP contribution in [0.2, 0.25) is 0 Å². The highest BCUT2D eigenvalue weighted by atomic mass is 32.1. The highest BCUT2D eigenvalue weighted by molar-refractivity contribution is 7.80. The summed E-state index contributed by atoms with van der Waals surface area (Å²) in [7, 11) is 0. The van der Waals surface area contributed by atoms with Gasteiger partial charge in [-0.15, -0.1) is 0 Å². The molecule has 0 aromatic carbocycles. The van der Waals surface area contributed by atoms with E-state index in [1.807, 2.05) is 0 Å².